The Morgan fingerprint density at radius 3 is 2.52 bits per heavy atom. The predicted molar refractivity (Wildman–Crippen MR) is 75.4 cm³/mol. The number of nitrogens with two attached hydrogens (primary N) is 1. The van der Waals surface area contributed by atoms with Crippen molar-refractivity contribution in [1.82, 2.24) is 5.43 Å². The second-order valence-electron chi connectivity index (χ2n) is 4.25. The van der Waals surface area contributed by atoms with Gasteiger partial charge < -0.3 is 9.47 Å². The second-order valence-corrected chi connectivity index (χ2v) is 4.25. The van der Waals surface area contributed by atoms with E-state index in [1.807, 2.05) is 5.43 Å². The van der Waals surface area contributed by atoms with Crippen LogP contribution in [0.3, 0.4) is 0 Å². The number of hydrazine groups is 1. The van der Waals surface area contributed by atoms with Gasteiger partial charge in [0.25, 0.3) is 5.91 Å². The van der Waals surface area contributed by atoms with Crippen molar-refractivity contribution in [3.8, 4) is 11.5 Å². The first kappa shape index (κ1) is 14.8. The molecular formula is C15H15FN2O3. The molecule has 0 unspecified atom stereocenters. The number of rotatable bonds is 5. The number of carbonyl (C=O) groups is 1. The molecule has 2 aromatic rings. The van der Waals surface area contributed by atoms with Crippen LogP contribution in [-0.4, -0.2) is 13.0 Å². The fraction of sp³-hybridized carbons (Fsp3) is 0.133. The summed E-state index contributed by atoms with van der Waals surface area (Å²) in [5, 5.41) is 0. The van der Waals surface area contributed by atoms with Gasteiger partial charge in [-0.05, 0) is 35.9 Å². The first-order valence-corrected chi connectivity index (χ1v) is 6.20. The van der Waals surface area contributed by atoms with E-state index < -0.39 is 5.91 Å². The van der Waals surface area contributed by atoms with Crippen molar-refractivity contribution in [2.45, 2.75) is 6.61 Å². The number of nitrogen functional groups attached to an aromatic ring is 1. The summed E-state index contributed by atoms with van der Waals surface area (Å²) in [6.45, 7) is 0.227. The molecule has 3 N–H and O–H groups in total. The molecule has 21 heavy (non-hydrogen) atoms. The van der Waals surface area contributed by atoms with Crippen LogP contribution in [0.1, 0.15) is 15.9 Å². The van der Waals surface area contributed by atoms with E-state index >= 15 is 0 Å². The molecule has 2 rings (SSSR count). The summed E-state index contributed by atoms with van der Waals surface area (Å²) < 4.78 is 23.6. The summed E-state index contributed by atoms with van der Waals surface area (Å²) in [7, 11) is 1.50. The van der Waals surface area contributed by atoms with E-state index in [-0.39, 0.29) is 12.4 Å². The Morgan fingerprint density at radius 1 is 1.19 bits per heavy atom. The number of ether oxygens (including phenoxy) is 2. The van der Waals surface area contributed by atoms with Gasteiger partial charge in [0.1, 0.15) is 12.4 Å². The van der Waals surface area contributed by atoms with E-state index in [1.54, 1.807) is 24.3 Å². The Kier molecular flexibility index (Phi) is 4.73. The molecule has 110 valence electrons. The maximum Gasteiger partial charge on any atom is 0.265 e. The molecule has 0 saturated heterocycles. The average Bonchev–Trinajstić information content (AvgIpc) is 2.53. The van der Waals surface area contributed by atoms with Gasteiger partial charge in [-0.15, -0.1) is 0 Å². The summed E-state index contributed by atoms with van der Waals surface area (Å²) in [5.41, 5.74) is 3.20. The third-order valence-corrected chi connectivity index (χ3v) is 2.86. The minimum absolute atomic E-state index is 0.227. The molecule has 1 amide bonds. The number of hydrogen-bond acceptors (Lipinski definition) is 4. The molecule has 0 spiro atoms. The van der Waals surface area contributed by atoms with Crippen LogP contribution in [0.4, 0.5) is 4.39 Å². The number of amides is 1. The summed E-state index contributed by atoms with van der Waals surface area (Å²) in [6.07, 6.45) is 0. The average molecular weight is 290 g/mol. The van der Waals surface area contributed by atoms with E-state index in [4.69, 9.17) is 15.3 Å². The molecule has 2 aromatic carbocycles. The van der Waals surface area contributed by atoms with Crippen LogP contribution in [-0.2, 0) is 6.61 Å². The van der Waals surface area contributed by atoms with Crippen LogP contribution in [0.15, 0.2) is 42.5 Å². The van der Waals surface area contributed by atoms with Crippen LogP contribution in [0, 0.1) is 5.82 Å². The van der Waals surface area contributed by atoms with Gasteiger partial charge in [-0.3, -0.25) is 10.2 Å². The number of halogens is 1. The van der Waals surface area contributed by atoms with E-state index in [1.165, 1.54) is 25.3 Å². The van der Waals surface area contributed by atoms with Crippen molar-refractivity contribution in [2.75, 3.05) is 7.11 Å². The minimum atomic E-state index is -0.427. The summed E-state index contributed by atoms with van der Waals surface area (Å²) in [6, 6.07) is 10.7. The van der Waals surface area contributed by atoms with Gasteiger partial charge in [-0.25, -0.2) is 10.2 Å². The molecule has 0 bridgehead atoms. The Balaban J connectivity index is 2.17. The lowest BCUT2D eigenvalue weighted by Gasteiger charge is -2.12. The third-order valence-electron chi connectivity index (χ3n) is 2.86. The van der Waals surface area contributed by atoms with E-state index in [0.717, 1.165) is 5.56 Å². The highest BCUT2D eigenvalue weighted by atomic mass is 19.1. The van der Waals surface area contributed by atoms with Crippen molar-refractivity contribution in [3.63, 3.8) is 0 Å². The molecule has 5 nitrogen and oxygen atoms in total. The van der Waals surface area contributed by atoms with E-state index in [2.05, 4.69) is 0 Å². The van der Waals surface area contributed by atoms with E-state index in [9.17, 15) is 9.18 Å². The number of hydrogen-bond donors (Lipinski definition) is 2. The van der Waals surface area contributed by atoms with Crippen LogP contribution in [0.2, 0.25) is 0 Å². The van der Waals surface area contributed by atoms with Crippen molar-refractivity contribution < 1.29 is 18.7 Å². The van der Waals surface area contributed by atoms with Crippen LogP contribution in [0.5, 0.6) is 11.5 Å². The molecule has 0 aliphatic carbocycles. The zero-order chi connectivity index (χ0) is 15.2. The predicted octanol–water partition coefficient (Wildman–Crippen LogP) is 2.02. The third kappa shape index (κ3) is 3.70. The number of nitrogens with one attached hydrogen (secondary N) is 1. The smallest absolute Gasteiger partial charge is 0.265 e. The lowest BCUT2D eigenvalue weighted by Crippen LogP contribution is -2.29. The summed E-state index contributed by atoms with van der Waals surface area (Å²) >= 11 is 0. The molecule has 0 aliphatic rings. The molecule has 0 aromatic heterocycles. The normalized spacial score (nSPS) is 10.0. The molecule has 0 aliphatic heterocycles. The lowest BCUT2D eigenvalue weighted by molar-refractivity contribution is 0.0953. The first-order valence-electron chi connectivity index (χ1n) is 6.20. The van der Waals surface area contributed by atoms with Gasteiger partial charge in [0, 0.05) is 5.56 Å². The molecule has 0 fully saturated rings. The van der Waals surface area contributed by atoms with Gasteiger partial charge in [0.05, 0.1) is 7.11 Å². The highest BCUT2D eigenvalue weighted by Crippen LogP contribution is 2.28. The lowest BCUT2D eigenvalue weighted by atomic mass is 10.2. The van der Waals surface area contributed by atoms with Crippen LogP contribution in [0.25, 0.3) is 0 Å². The zero-order valence-corrected chi connectivity index (χ0v) is 11.4. The molecule has 0 saturated carbocycles. The summed E-state index contributed by atoms with van der Waals surface area (Å²) in [5.74, 6) is 5.26. The molecule has 0 radical (unpaired) electrons. The maximum absolute atomic E-state index is 12.8. The van der Waals surface area contributed by atoms with Crippen molar-refractivity contribution in [2.24, 2.45) is 5.84 Å². The van der Waals surface area contributed by atoms with Gasteiger partial charge in [-0.1, -0.05) is 12.1 Å². The van der Waals surface area contributed by atoms with Gasteiger partial charge in [0.15, 0.2) is 11.5 Å². The fourth-order valence-electron chi connectivity index (χ4n) is 1.76. The summed E-state index contributed by atoms with van der Waals surface area (Å²) in [4.78, 5) is 11.5. The minimum Gasteiger partial charge on any atom is -0.493 e. The maximum atomic E-state index is 12.8. The van der Waals surface area contributed by atoms with E-state index in [0.29, 0.717) is 17.1 Å². The quantitative estimate of drug-likeness (QED) is 0.502. The number of benzene rings is 2. The van der Waals surface area contributed by atoms with Crippen molar-refractivity contribution >= 4 is 5.91 Å². The van der Waals surface area contributed by atoms with Gasteiger partial charge in [0.2, 0.25) is 0 Å². The zero-order valence-electron chi connectivity index (χ0n) is 11.4. The SMILES string of the molecule is COc1ccc(C(=O)NN)cc1OCc1ccc(F)cc1. The molecule has 0 heterocycles. The monoisotopic (exact) mass is 290 g/mol. The fourth-order valence-corrected chi connectivity index (χ4v) is 1.76. The van der Waals surface area contributed by atoms with Gasteiger partial charge >= 0.3 is 0 Å². The Hall–Kier alpha value is -2.60. The second kappa shape index (κ2) is 6.71. The molecule has 0 atom stereocenters. The van der Waals surface area contributed by atoms with Crippen molar-refractivity contribution in [3.05, 3.63) is 59.4 Å². The highest BCUT2D eigenvalue weighted by Gasteiger charge is 2.10. The first-order chi connectivity index (χ1) is 10.1. The highest BCUT2D eigenvalue weighted by molar-refractivity contribution is 5.94. The Bertz CT molecular complexity index is 629. The topological polar surface area (TPSA) is 73.6 Å². The van der Waals surface area contributed by atoms with Crippen LogP contribution >= 0.6 is 0 Å². The molecular weight excluding hydrogens is 275 g/mol. The van der Waals surface area contributed by atoms with Gasteiger partial charge in [-0.2, -0.15) is 0 Å². The largest absolute Gasteiger partial charge is 0.493 e. The standard InChI is InChI=1S/C15H15FN2O3/c1-20-13-7-4-11(15(19)18-17)8-14(13)21-9-10-2-5-12(16)6-3-10/h2-8H,9,17H2,1H3,(H,18,19). The Morgan fingerprint density at radius 2 is 1.90 bits per heavy atom. The number of methoxy groups -OCH3 is 1. The number of carbonyl (C=O) groups excluding carboxylic acids is 1. The van der Waals surface area contributed by atoms with Crippen molar-refractivity contribution in [1.29, 1.82) is 0 Å². The Labute approximate surface area is 121 Å². The molecule has 6 heteroatoms. The van der Waals surface area contributed by atoms with Crippen LogP contribution < -0.4 is 20.7 Å².